The first kappa shape index (κ1) is 22.8. The predicted octanol–water partition coefficient (Wildman–Crippen LogP) is 6.09. The minimum Gasteiger partial charge on any atom is -0.484 e. The zero-order chi connectivity index (χ0) is 24.0. The fourth-order valence-electron chi connectivity index (χ4n) is 5.04. The summed E-state index contributed by atoms with van der Waals surface area (Å²) >= 11 is 6.34. The molecule has 1 unspecified atom stereocenters. The highest BCUT2D eigenvalue weighted by Gasteiger charge is 2.39. The number of fused-ring (bicyclic) bond motifs is 1. The van der Waals surface area contributed by atoms with Crippen molar-refractivity contribution >= 4 is 17.6 Å². The smallest absolute Gasteiger partial charge is 0.306 e. The quantitative estimate of drug-likeness (QED) is 0.462. The van der Waals surface area contributed by atoms with Crippen LogP contribution in [0.15, 0.2) is 36.7 Å². The van der Waals surface area contributed by atoms with Crippen molar-refractivity contribution in [3.63, 3.8) is 0 Å². The first-order valence-electron chi connectivity index (χ1n) is 11.8. The second-order valence-electron chi connectivity index (χ2n) is 9.53. The lowest BCUT2D eigenvalue weighted by Gasteiger charge is -2.28. The Labute approximate surface area is 204 Å². The molecule has 2 aromatic heterocycles. The third kappa shape index (κ3) is 4.39. The summed E-state index contributed by atoms with van der Waals surface area (Å²) in [5.74, 6) is 0.113. The van der Waals surface area contributed by atoms with Crippen LogP contribution < -0.4 is 4.74 Å². The number of halogens is 1. The van der Waals surface area contributed by atoms with Crippen LogP contribution in [0, 0.1) is 25.7 Å². The topological polar surface area (TPSA) is 85.2 Å². The lowest BCUT2D eigenvalue weighted by atomic mass is 9.82. The molecule has 34 heavy (non-hydrogen) atoms. The third-order valence-corrected chi connectivity index (χ3v) is 7.34. The van der Waals surface area contributed by atoms with Crippen molar-refractivity contribution < 1.29 is 14.6 Å². The minimum absolute atomic E-state index is 0.0150. The first-order valence-corrected chi connectivity index (χ1v) is 12.2. The van der Waals surface area contributed by atoms with Gasteiger partial charge in [0.25, 0.3) is 0 Å². The van der Waals surface area contributed by atoms with Gasteiger partial charge < -0.3 is 9.84 Å². The third-order valence-electron chi connectivity index (χ3n) is 7.04. The van der Waals surface area contributed by atoms with Crippen LogP contribution in [0.4, 0.5) is 0 Å². The molecule has 1 fully saturated rings. The number of nitrogens with zero attached hydrogens (tertiary/aromatic N) is 3. The molecule has 0 amide bonds. The number of rotatable bonds is 6. The van der Waals surface area contributed by atoms with Crippen molar-refractivity contribution in [2.75, 3.05) is 0 Å². The van der Waals surface area contributed by atoms with Crippen molar-refractivity contribution in [2.24, 2.45) is 11.8 Å². The monoisotopic (exact) mass is 477 g/mol. The lowest BCUT2D eigenvalue weighted by molar-refractivity contribution is -0.142. The molecule has 6 nitrogen and oxygen atoms in total. The fourth-order valence-corrected chi connectivity index (χ4v) is 5.24. The van der Waals surface area contributed by atoms with Crippen molar-refractivity contribution in [3.8, 4) is 17.0 Å². The summed E-state index contributed by atoms with van der Waals surface area (Å²) in [4.78, 5) is 25.4. The highest BCUT2D eigenvalue weighted by molar-refractivity contribution is 6.33. The number of carboxylic acids is 1. The van der Waals surface area contributed by atoms with Crippen LogP contribution in [0.3, 0.4) is 0 Å². The standard InChI is InChI=1S/C27H28ClN3O3/c1-14-10-20(21(28)12-29-14)22-13-30-26(16(3)31-22)23-9-8-17-4-7-19(11-24(17)34-23)25(18-5-6-18)15(2)27(32)33/h4,7,10-13,15,18,23,25H,5-6,8-9H2,1-3H3,(H,32,33)/t15-,23?,25-/m0/s1. The Kier molecular flexibility index (Phi) is 6.02. The van der Waals surface area contributed by atoms with Crippen LogP contribution in [0.25, 0.3) is 11.3 Å². The van der Waals surface area contributed by atoms with E-state index in [-0.39, 0.29) is 12.0 Å². The number of benzene rings is 1. The molecule has 1 aliphatic heterocycles. The average molecular weight is 478 g/mol. The lowest BCUT2D eigenvalue weighted by Crippen LogP contribution is -2.22. The summed E-state index contributed by atoms with van der Waals surface area (Å²) in [6, 6.07) is 8.15. The largest absolute Gasteiger partial charge is 0.484 e. The molecule has 3 atom stereocenters. The number of hydrogen-bond donors (Lipinski definition) is 1. The van der Waals surface area contributed by atoms with Gasteiger partial charge in [-0.25, -0.2) is 4.98 Å². The maximum Gasteiger partial charge on any atom is 0.306 e. The fraction of sp³-hybridized carbons (Fsp3) is 0.407. The normalized spacial score (nSPS) is 19.1. The molecular weight excluding hydrogens is 450 g/mol. The molecule has 0 spiro atoms. The molecule has 7 heteroatoms. The summed E-state index contributed by atoms with van der Waals surface area (Å²) < 4.78 is 6.43. The van der Waals surface area contributed by atoms with Gasteiger partial charge in [-0.3, -0.25) is 14.8 Å². The predicted molar refractivity (Wildman–Crippen MR) is 130 cm³/mol. The van der Waals surface area contributed by atoms with E-state index in [1.165, 1.54) is 0 Å². The van der Waals surface area contributed by atoms with Crippen LogP contribution in [0.1, 0.15) is 66.4 Å². The molecule has 1 saturated carbocycles. The first-order chi connectivity index (χ1) is 16.3. The SMILES string of the molecule is Cc1cc(-c2cnc(C3CCc4ccc([C@H](C5CC5)[C@H](C)C(=O)O)cc4O3)c(C)n2)c(Cl)cn1. The van der Waals surface area contributed by atoms with Crippen molar-refractivity contribution in [1.82, 2.24) is 15.0 Å². The Bertz CT molecular complexity index is 1260. The molecule has 3 aromatic rings. The maximum absolute atomic E-state index is 11.7. The van der Waals surface area contributed by atoms with Gasteiger partial charge in [0.05, 0.1) is 28.5 Å². The zero-order valence-corrected chi connectivity index (χ0v) is 20.3. The number of aliphatic carboxylic acids is 1. The highest BCUT2D eigenvalue weighted by Crippen LogP contribution is 2.48. The number of hydrogen-bond acceptors (Lipinski definition) is 5. The Morgan fingerprint density at radius 1 is 1.15 bits per heavy atom. The van der Waals surface area contributed by atoms with Crippen LogP contribution in [-0.4, -0.2) is 26.0 Å². The van der Waals surface area contributed by atoms with Crippen LogP contribution >= 0.6 is 11.6 Å². The number of carboxylic acid groups (broad SMARTS) is 1. The Morgan fingerprint density at radius 2 is 1.94 bits per heavy atom. The van der Waals surface area contributed by atoms with Gasteiger partial charge in [-0.2, -0.15) is 0 Å². The van der Waals surface area contributed by atoms with E-state index < -0.39 is 11.9 Å². The number of aryl methyl sites for hydroxylation is 3. The summed E-state index contributed by atoms with van der Waals surface area (Å²) in [7, 11) is 0. The number of pyridine rings is 1. The Balaban J connectivity index is 1.42. The van der Waals surface area contributed by atoms with E-state index in [0.29, 0.717) is 16.6 Å². The maximum atomic E-state index is 11.7. The summed E-state index contributed by atoms with van der Waals surface area (Å²) in [6.07, 6.45) is 7.05. The molecule has 3 heterocycles. The van der Waals surface area contributed by atoms with Gasteiger partial charge in [0.2, 0.25) is 0 Å². The molecular formula is C27H28ClN3O3. The Hall–Kier alpha value is -2.99. The Morgan fingerprint density at radius 3 is 2.65 bits per heavy atom. The molecule has 5 rings (SSSR count). The van der Waals surface area contributed by atoms with Crippen LogP contribution in [0.2, 0.25) is 5.02 Å². The summed E-state index contributed by atoms with van der Waals surface area (Å²) in [5, 5.41) is 10.2. The number of aromatic nitrogens is 3. The van der Waals surface area contributed by atoms with Gasteiger partial charge in [-0.1, -0.05) is 30.7 Å². The second kappa shape index (κ2) is 8.99. The minimum atomic E-state index is -0.746. The highest BCUT2D eigenvalue weighted by atomic mass is 35.5. The van der Waals surface area contributed by atoms with E-state index in [9.17, 15) is 9.90 Å². The molecule has 0 bridgehead atoms. The van der Waals surface area contributed by atoms with Crippen molar-refractivity contribution in [2.45, 2.75) is 58.5 Å². The second-order valence-corrected chi connectivity index (χ2v) is 9.94. The zero-order valence-electron chi connectivity index (χ0n) is 19.6. The van der Waals surface area contributed by atoms with E-state index >= 15 is 0 Å². The van der Waals surface area contributed by atoms with Gasteiger partial charge in [0.15, 0.2) is 0 Å². The number of carbonyl (C=O) groups is 1. The summed E-state index contributed by atoms with van der Waals surface area (Å²) in [6.45, 7) is 5.67. The average Bonchev–Trinajstić information content (AvgIpc) is 3.65. The molecule has 1 aromatic carbocycles. The molecule has 1 N–H and O–H groups in total. The molecule has 0 radical (unpaired) electrons. The van der Waals surface area contributed by atoms with Gasteiger partial charge in [0.1, 0.15) is 17.5 Å². The number of ether oxygens (including phenoxy) is 1. The van der Waals surface area contributed by atoms with E-state index in [2.05, 4.69) is 23.2 Å². The van der Waals surface area contributed by atoms with Gasteiger partial charge in [0, 0.05) is 17.5 Å². The van der Waals surface area contributed by atoms with Crippen LogP contribution in [0.5, 0.6) is 5.75 Å². The van der Waals surface area contributed by atoms with E-state index in [4.69, 9.17) is 26.3 Å². The summed E-state index contributed by atoms with van der Waals surface area (Å²) in [5.41, 5.74) is 6.23. The van der Waals surface area contributed by atoms with E-state index in [1.807, 2.05) is 26.8 Å². The molecule has 1 aliphatic carbocycles. The molecule has 0 saturated heterocycles. The van der Waals surface area contributed by atoms with Gasteiger partial charge in [-0.15, -0.1) is 0 Å². The van der Waals surface area contributed by atoms with Gasteiger partial charge in [-0.05, 0) is 74.6 Å². The molecule has 2 aliphatic rings. The van der Waals surface area contributed by atoms with Crippen molar-refractivity contribution in [3.05, 3.63) is 69.9 Å². The van der Waals surface area contributed by atoms with Crippen LogP contribution in [-0.2, 0) is 11.2 Å². The molecule has 176 valence electrons. The van der Waals surface area contributed by atoms with Crippen molar-refractivity contribution in [1.29, 1.82) is 0 Å². The van der Waals surface area contributed by atoms with E-state index in [0.717, 1.165) is 65.2 Å². The van der Waals surface area contributed by atoms with Gasteiger partial charge >= 0.3 is 5.97 Å². The van der Waals surface area contributed by atoms with E-state index in [1.54, 1.807) is 12.4 Å².